The van der Waals surface area contributed by atoms with Gasteiger partial charge in [-0.15, -0.1) is 5.10 Å². The number of hydrogen-bond acceptors (Lipinski definition) is 5. The van der Waals surface area contributed by atoms with E-state index in [2.05, 4.69) is 25.5 Å². The van der Waals surface area contributed by atoms with Crippen molar-refractivity contribution in [3.8, 4) is 0 Å². The van der Waals surface area contributed by atoms with Gasteiger partial charge in [0, 0.05) is 48.3 Å². The molecule has 4 heterocycles. The first-order valence-corrected chi connectivity index (χ1v) is 12.0. The average Bonchev–Trinajstić information content (AvgIpc) is 3.51. The number of halogens is 1. The molecule has 2 aromatic carbocycles. The number of nitrogens with one attached hydrogen (secondary N) is 2. The average molecular weight is 475 g/mol. The van der Waals surface area contributed by atoms with Gasteiger partial charge in [-0.2, -0.15) is 0 Å². The zero-order chi connectivity index (χ0) is 23.8. The van der Waals surface area contributed by atoms with Crippen LogP contribution in [0.15, 0.2) is 54.7 Å². The fourth-order valence-corrected chi connectivity index (χ4v) is 5.00. The van der Waals surface area contributed by atoms with Gasteiger partial charge in [0.1, 0.15) is 17.6 Å². The summed E-state index contributed by atoms with van der Waals surface area (Å²) in [5, 5.41) is 13.0. The number of aromatic nitrogens is 4. The van der Waals surface area contributed by atoms with Crippen molar-refractivity contribution in [2.24, 2.45) is 0 Å². The number of amides is 1. The maximum Gasteiger partial charge on any atom is 0.251 e. The number of carbonyl (C=O) groups excluding carboxylic acids is 1. The van der Waals surface area contributed by atoms with Crippen molar-refractivity contribution in [2.75, 3.05) is 13.1 Å². The van der Waals surface area contributed by atoms with Gasteiger partial charge >= 0.3 is 0 Å². The van der Waals surface area contributed by atoms with E-state index in [-0.39, 0.29) is 23.9 Å². The van der Waals surface area contributed by atoms with Crippen molar-refractivity contribution >= 4 is 16.8 Å². The first-order chi connectivity index (χ1) is 17.1. The van der Waals surface area contributed by atoms with Gasteiger partial charge in [-0.05, 0) is 54.8 Å². The van der Waals surface area contributed by atoms with Crippen LogP contribution in [-0.2, 0) is 24.4 Å². The Morgan fingerprint density at radius 1 is 1.17 bits per heavy atom. The lowest BCUT2D eigenvalue weighted by Gasteiger charge is -2.32. The second-order valence-corrected chi connectivity index (χ2v) is 9.32. The second kappa shape index (κ2) is 9.24. The van der Waals surface area contributed by atoms with Crippen LogP contribution in [0.2, 0.25) is 0 Å². The number of ether oxygens (including phenoxy) is 1. The molecule has 0 bridgehead atoms. The van der Waals surface area contributed by atoms with Crippen LogP contribution in [-0.4, -0.2) is 49.9 Å². The van der Waals surface area contributed by atoms with Gasteiger partial charge in [-0.1, -0.05) is 17.3 Å². The maximum absolute atomic E-state index is 13.6. The summed E-state index contributed by atoms with van der Waals surface area (Å²) >= 11 is 0. The van der Waals surface area contributed by atoms with Gasteiger partial charge in [0.2, 0.25) is 0 Å². The van der Waals surface area contributed by atoms with E-state index in [4.69, 9.17) is 4.74 Å². The van der Waals surface area contributed by atoms with Crippen LogP contribution >= 0.6 is 0 Å². The molecular formula is C26H27FN6O2. The molecule has 0 saturated carbocycles. The van der Waals surface area contributed by atoms with Gasteiger partial charge in [0.15, 0.2) is 0 Å². The summed E-state index contributed by atoms with van der Waals surface area (Å²) in [4.78, 5) is 18.2. The predicted octanol–water partition coefficient (Wildman–Crippen LogP) is 3.56. The number of rotatable bonds is 5. The summed E-state index contributed by atoms with van der Waals surface area (Å²) in [5.41, 5.74) is 4.43. The maximum atomic E-state index is 13.6. The van der Waals surface area contributed by atoms with Gasteiger partial charge in [-0.25, -0.2) is 9.07 Å². The topological polar surface area (TPSA) is 88.1 Å². The quantitative estimate of drug-likeness (QED) is 0.462. The van der Waals surface area contributed by atoms with Crippen molar-refractivity contribution in [3.63, 3.8) is 0 Å². The van der Waals surface area contributed by atoms with Crippen LogP contribution in [0, 0.1) is 5.82 Å². The smallest absolute Gasteiger partial charge is 0.251 e. The molecule has 1 fully saturated rings. The molecule has 6 rings (SSSR count). The Labute approximate surface area is 202 Å². The molecule has 180 valence electrons. The molecule has 1 atom stereocenters. The normalized spacial score (nSPS) is 19.1. The van der Waals surface area contributed by atoms with E-state index in [1.54, 1.807) is 6.07 Å². The minimum absolute atomic E-state index is 0.0241. The lowest BCUT2D eigenvalue weighted by molar-refractivity contribution is -0.00232. The van der Waals surface area contributed by atoms with Crippen LogP contribution in [0.4, 0.5) is 4.39 Å². The Balaban J connectivity index is 1.03. The summed E-state index contributed by atoms with van der Waals surface area (Å²) in [6.07, 6.45) is 3.42. The van der Waals surface area contributed by atoms with Crippen molar-refractivity contribution in [2.45, 2.75) is 44.7 Å². The van der Waals surface area contributed by atoms with Gasteiger partial charge in [-0.3, -0.25) is 9.69 Å². The van der Waals surface area contributed by atoms with Crippen LogP contribution < -0.4 is 5.32 Å². The highest BCUT2D eigenvalue weighted by Crippen LogP contribution is 2.28. The van der Waals surface area contributed by atoms with Gasteiger partial charge < -0.3 is 15.0 Å². The van der Waals surface area contributed by atoms with Crippen LogP contribution in [0.25, 0.3) is 10.9 Å². The zero-order valence-corrected chi connectivity index (χ0v) is 19.3. The molecule has 8 nitrogen and oxygen atoms in total. The third-order valence-electron chi connectivity index (χ3n) is 7.01. The molecule has 2 aliphatic heterocycles. The number of carbonyl (C=O) groups is 1. The number of H-pyrrole nitrogens is 1. The number of nitrogens with zero attached hydrogens (tertiary/aromatic N) is 4. The fourth-order valence-electron chi connectivity index (χ4n) is 5.00. The lowest BCUT2D eigenvalue weighted by atomic mass is 10.0. The number of aromatic amines is 1. The van der Waals surface area contributed by atoms with E-state index in [1.165, 1.54) is 12.1 Å². The Hall–Kier alpha value is -3.56. The summed E-state index contributed by atoms with van der Waals surface area (Å²) in [6.45, 7) is 3.38. The fraction of sp³-hybridized carbons (Fsp3) is 0.346. The minimum Gasteiger partial charge on any atom is -0.365 e. The second-order valence-electron chi connectivity index (χ2n) is 9.32. The summed E-state index contributed by atoms with van der Waals surface area (Å²) < 4.78 is 21.5. The molecule has 35 heavy (non-hydrogen) atoms. The zero-order valence-electron chi connectivity index (χ0n) is 19.3. The molecule has 0 radical (unpaired) electrons. The number of fused-ring (bicyclic) bond motifs is 2. The van der Waals surface area contributed by atoms with E-state index in [1.807, 2.05) is 41.2 Å². The monoisotopic (exact) mass is 474 g/mol. The largest absolute Gasteiger partial charge is 0.365 e. The first kappa shape index (κ1) is 21.9. The van der Waals surface area contributed by atoms with Crippen LogP contribution in [0.3, 0.4) is 0 Å². The number of piperidine rings is 1. The molecule has 2 aromatic heterocycles. The molecule has 2 N–H and O–H groups in total. The van der Waals surface area contributed by atoms with E-state index in [9.17, 15) is 9.18 Å². The standard InChI is InChI=1S/C26H27FN6O2/c27-20-3-1-2-18(13-20)25-15-33-24(16-35-25)23(30-31-33)14-32-10-7-21(8-11-32)29-26(34)19-4-5-22-17(12-19)6-9-28-22/h1-6,9,12-13,21,25,28H,7-8,10-11,14-16H2,(H,29,34)/t25-/m1/s1. The molecule has 0 unspecified atom stereocenters. The number of hydrogen-bond donors (Lipinski definition) is 2. The summed E-state index contributed by atoms with van der Waals surface area (Å²) in [6, 6.07) is 14.4. The molecule has 0 spiro atoms. The van der Waals surface area contributed by atoms with Gasteiger partial charge in [0.25, 0.3) is 5.91 Å². The molecule has 2 aliphatic rings. The molecular weight excluding hydrogens is 447 g/mol. The Bertz CT molecular complexity index is 1360. The van der Waals surface area contributed by atoms with Gasteiger partial charge in [0.05, 0.1) is 18.8 Å². The van der Waals surface area contributed by atoms with Crippen molar-refractivity contribution in [1.82, 2.24) is 30.2 Å². The number of likely N-dealkylation sites (tertiary alicyclic amines) is 1. The molecule has 4 aromatic rings. The van der Waals surface area contributed by atoms with Crippen molar-refractivity contribution in [3.05, 3.63) is 83.1 Å². The Morgan fingerprint density at radius 2 is 2.06 bits per heavy atom. The van der Waals surface area contributed by atoms with Crippen LogP contribution in [0.5, 0.6) is 0 Å². The highest BCUT2D eigenvalue weighted by atomic mass is 19.1. The Morgan fingerprint density at radius 3 is 2.91 bits per heavy atom. The highest BCUT2D eigenvalue weighted by molar-refractivity contribution is 5.98. The van der Waals surface area contributed by atoms with E-state index in [0.29, 0.717) is 25.3 Å². The van der Waals surface area contributed by atoms with E-state index in [0.717, 1.165) is 53.8 Å². The predicted molar refractivity (Wildman–Crippen MR) is 128 cm³/mol. The summed E-state index contributed by atoms with van der Waals surface area (Å²) in [7, 11) is 0. The summed E-state index contributed by atoms with van der Waals surface area (Å²) in [5.74, 6) is -0.290. The highest BCUT2D eigenvalue weighted by Gasteiger charge is 2.27. The third-order valence-corrected chi connectivity index (χ3v) is 7.01. The third kappa shape index (κ3) is 4.56. The SMILES string of the molecule is O=C(NC1CCN(Cc2nnn3c2CO[C@@H](c2cccc(F)c2)C3)CC1)c1ccc2[nH]ccc2c1. The lowest BCUT2D eigenvalue weighted by Crippen LogP contribution is -2.44. The van der Waals surface area contributed by atoms with Crippen molar-refractivity contribution in [1.29, 1.82) is 0 Å². The van der Waals surface area contributed by atoms with E-state index < -0.39 is 0 Å². The Kier molecular flexibility index (Phi) is 5.79. The van der Waals surface area contributed by atoms with Crippen LogP contribution in [0.1, 0.15) is 46.3 Å². The molecule has 0 aliphatic carbocycles. The first-order valence-electron chi connectivity index (χ1n) is 12.0. The number of benzene rings is 2. The minimum atomic E-state index is -0.266. The van der Waals surface area contributed by atoms with Crippen molar-refractivity contribution < 1.29 is 13.9 Å². The molecule has 9 heteroatoms. The molecule has 1 saturated heterocycles. The van der Waals surface area contributed by atoms with E-state index >= 15 is 0 Å². The molecule has 1 amide bonds.